The van der Waals surface area contributed by atoms with E-state index in [0.29, 0.717) is 0 Å². The summed E-state index contributed by atoms with van der Waals surface area (Å²) in [5.74, 6) is 0.946. The number of hydrogen-bond acceptors (Lipinski definition) is 1. The lowest BCUT2D eigenvalue weighted by Crippen LogP contribution is -2.28. The second-order valence-electron chi connectivity index (χ2n) is 3.92. The van der Waals surface area contributed by atoms with Gasteiger partial charge in [0.05, 0.1) is 0 Å². The largest absolute Gasteiger partial charge is 0.314 e. The molecular weight excluding hydrogens is 158 g/mol. The Hall–Kier alpha value is -0.0400. The molecule has 1 aliphatic heterocycles. The zero-order valence-electron chi connectivity index (χ0n) is 9.90. The maximum atomic E-state index is 3.61. The Bertz CT molecular complexity index is 101. The molecule has 0 bridgehead atoms. The Kier molecular flexibility index (Phi) is 8.53. The lowest BCUT2D eigenvalue weighted by molar-refractivity contribution is 0.416. The molecule has 0 aromatic heterocycles. The topological polar surface area (TPSA) is 12.0 Å². The molecular formula is C12H27N. The molecule has 0 radical (unpaired) electrons. The van der Waals surface area contributed by atoms with Crippen molar-refractivity contribution < 1.29 is 0 Å². The molecule has 1 rings (SSSR count). The Morgan fingerprint density at radius 2 is 2.00 bits per heavy atom. The molecule has 2 atom stereocenters. The second-order valence-corrected chi connectivity index (χ2v) is 3.92. The van der Waals surface area contributed by atoms with E-state index in [-0.39, 0.29) is 0 Å². The first-order chi connectivity index (χ1) is 6.33. The summed E-state index contributed by atoms with van der Waals surface area (Å²) in [5.41, 5.74) is 0. The van der Waals surface area contributed by atoms with Crippen LogP contribution in [0, 0.1) is 5.92 Å². The monoisotopic (exact) mass is 185 g/mol. The van der Waals surface area contributed by atoms with Crippen LogP contribution in [0.4, 0.5) is 0 Å². The second kappa shape index (κ2) is 8.55. The molecule has 2 unspecified atom stereocenters. The van der Waals surface area contributed by atoms with Gasteiger partial charge in [0, 0.05) is 6.04 Å². The molecule has 0 aromatic carbocycles. The van der Waals surface area contributed by atoms with Crippen LogP contribution in [0.1, 0.15) is 59.8 Å². The lowest BCUT2D eigenvalue weighted by Gasteiger charge is -2.16. The first-order valence-corrected chi connectivity index (χ1v) is 6.06. The fourth-order valence-electron chi connectivity index (χ4n) is 2.01. The van der Waals surface area contributed by atoms with Crippen molar-refractivity contribution in [3.05, 3.63) is 0 Å². The van der Waals surface area contributed by atoms with E-state index in [0.717, 1.165) is 12.0 Å². The minimum absolute atomic E-state index is 0.817. The Morgan fingerprint density at radius 1 is 1.31 bits per heavy atom. The highest BCUT2D eigenvalue weighted by atomic mass is 14.9. The molecule has 1 heteroatoms. The van der Waals surface area contributed by atoms with Crippen molar-refractivity contribution in [1.29, 1.82) is 0 Å². The Balaban J connectivity index is 0.000000671. The maximum Gasteiger partial charge on any atom is 0.00694 e. The van der Waals surface area contributed by atoms with Crippen molar-refractivity contribution >= 4 is 0 Å². The molecule has 0 aromatic rings. The van der Waals surface area contributed by atoms with Gasteiger partial charge in [-0.1, -0.05) is 34.1 Å². The summed E-state index contributed by atoms with van der Waals surface area (Å²) < 4.78 is 0. The number of rotatable bonds is 2. The van der Waals surface area contributed by atoms with E-state index in [2.05, 4.69) is 19.2 Å². The van der Waals surface area contributed by atoms with E-state index in [1.54, 1.807) is 0 Å². The Labute approximate surface area is 84.3 Å². The van der Waals surface area contributed by atoms with E-state index in [1.165, 1.54) is 38.6 Å². The quantitative estimate of drug-likeness (QED) is 0.693. The van der Waals surface area contributed by atoms with Crippen LogP contribution < -0.4 is 5.32 Å². The lowest BCUT2D eigenvalue weighted by atomic mass is 9.97. The molecule has 1 fully saturated rings. The SMILES string of the molecule is CC.CCCC1CC(C)CCCN1. The zero-order chi connectivity index (χ0) is 10.1. The van der Waals surface area contributed by atoms with E-state index >= 15 is 0 Å². The van der Waals surface area contributed by atoms with Gasteiger partial charge in [0.2, 0.25) is 0 Å². The third-order valence-corrected chi connectivity index (χ3v) is 2.63. The zero-order valence-corrected chi connectivity index (χ0v) is 9.90. The average molecular weight is 185 g/mol. The van der Waals surface area contributed by atoms with Crippen LogP contribution in [0.3, 0.4) is 0 Å². The standard InChI is InChI=1S/C10H21N.C2H6/c1-3-5-10-8-9(2)6-4-7-11-10;1-2/h9-11H,3-8H2,1-2H3;1-2H3. The van der Waals surface area contributed by atoms with Crippen LogP contribution in [0.25, 0.3) is 0 Å². The third kappa shape index (κ3) is 6.09. The predicted octanol–water partition coefficient (Wildman–Crippen LogP) is 3.59. The van der Waals surface area contributed by atoms with E-state index in [1.807, 2.05) is 13.8 Å². The highest BCUT2D eigenvalue weighted by Gasteiger charge is 2.14. The van der Waals surface area contributed by atoms with Crippen LogP contribution in [-0.2, 0) is 0 Å². The van der Waals surface area contributed by atoms with Crippen molar-refractivity contribution in [2.24, 2.45) is 5.92 Å². The molecule has 0 saturated carbocycles. The van der Waals surface area contributed by atoms with Gasteiger partial charge in [-0.25, -0.2) is 0 Å². The van der Waals surface area contributed by atoms with E-state index in [9.17, 15) is 0 Å². The number of nitrogens with one attached hydrogen (secondary N) is 1. The third-order valence-electron chi connectivity index (χ3n) is 2.63. The first kappa shape index (κ1) is 13.0. The van der Waals surface area contributed by atoms with Gasteiger partial charge in [0.15, 0.2) is 0 Å². The van der Waals surface area contributed by atoms with Gasteiger partial charge in [-0.15, -0.1) is 0 Å². The van der Waals surface area contributed by atoms with E-state index in [4.69, 9.17) is 0 Å². The van der Waals surface area contributed by atoms with Crippen molar-refractivity contribution in [1.82, 2.24) is 5.32 Å². The van der Waals surface area contributed by atoms with Crippen LogP contribution in [0.2, 0.25) is 0 Å². The fraction of sp³-hybridized carbons (Fsp3) is 1.00. The van der Waals surface area contributed by atoms with Gasteiger partial charge < -0.3 is 5.32 Å². The average Bonchev–Trinajstić information content (AvgIpc) is 2.34. The summed E-state index contributed by atoms with van der Waals surface area (Å²) in [5, 5.41) is 3.61. The van der Waals surface area contributed by atoms with Crippen molar-refractivity contribution in [3.63, 3.8) is 0 Å². The van der Waals surface area contributed by atoms with Gasteiger partial charge >= 0.3 is 0 Å². The van der Waals surface area contributed by atoms with Crippen LogP contribution >= 0.6 is 0 Å². The van der Waals surface area contributed by atoms with Crippen molar-refractivity contribution in [3.8, 4) is 0 Å². The molecule has 1 nitrogen and oxygen atoms in total. The summed E-state index contributed by atoms with van der Waals surface area (Å²) in [7, 11) is 0. The Morgan fingerprint density at radius 3 is 2.62 bits per heavy atom. The molecule has 13 heavy (non-hydrogen) atoms. The first-order valence-electron chi connectivity index (χ1n) is 6.06. The smallest absolute Gasteiger partial charge is 0.00694 e. The van der Waals surface area contributed by atoms with Crippen LogP contribution in [-0.4, -0.2) is 12.6 Å². The van der Waals surface area contributed by atoms with Gasteiger partial charge in [-0.3, -0.25) is 0 Å². The molecule has 1 aliphatic rings. The van der Waals surface area contributed by atoms with Crippen molar-refractivity contribution in [2.75, 3.05) is 6.54 Å². The summed E-state index contributed by atoms with van der Waals surface area (Å²) in [6, 6.07) is 0.817. The fourth-order valence-corrected chi connectivity index (χ4v) is 2.01. The summed E-state index contributed by atoms with van der Waals surface area (Å²) >= 11 is 0. The normalized spacial score (nSPS) is 28.6. The van der Waals surface area contributed by atoms with Crippen LogP contribution in [0.15, 0.2) is 0 Å². The van der Waals surface area contributed by atoms with Crippen LogP contribution in [0.5, 0.6) is 0 Å². The molecule has 80 valence electrons. The van der Waals surface area contributed by atoms with Gasteiger partial charge in [-0.2, -0.15) is 0 Å². The number of hydrogen-bond donors (Lipinski definition) is 1. The summed E-state index contributed by atoms with van der Waals surface area (Å²) in [6.45, 7) is 9.90. The predicted molar refractivity (Wildman–Crippen MR) is 61.1 cm³/mol. The highest BCUT2D eigenvalue weighted by Crippen LogP contribution is 2.18. The van der Waals surface area contributed by atoms with Crippen molar-refractivity contribution in [2.45, 2.75) is 65.8 Å². The molecule has 0 amide bonds. The molecule has 1 N–H and O–H groups in total. The summed E-state index contributed by atoms with van der Waals surface area (Å²) in [6.07, 6.45) is 6.89. The van der Waals surface area contributed by atoms with Gasteiger partial charge in [-0.05, 0) is 38.1 Å². The van der Waals surface area contributed by atoms with Gasteiger partial charge in [0.1, 0.15) is 0 Å². The minimum atomic E-state index is 0.817. The minimum Gasteiger partial charge on any atom is -0.314 e. The maximum absolute atomic E-state index is 3.61. The van der Waals surface area contributed by atoms with E-state index < -0.39 is 0 Å². The molecule has 0 aliphatic carbocycles. The summed E-state index contributed by atoms with van der Waals surface area (Å²) in [4.78, 5) is 0. The molecule has 1 saturated heterocycles. The molecule has 1 heterocycles. The van der Waals surface area contributed by atoms with Gasteiger partial charge in [0.25, 0.3) is 0 Å². The molecule has 0 spiro atoms. The highest BCUT2D eigenvalue weighted by molar-refractivity contribution is 4.73.